The molecule has 0 aliphatic carbocycles. The lowest BCUT2D eigenvalue weighted by atomic mass is 10.2. The van der Waals surface area contributed by atoms with E-state index in [0.717, 1.165) is 12.1 Å². The van der Waals surface area contributed by atoms with Gasteiger partial charge in [0.1, 0.15) is 0 Å². The number of nitrogens with one attached hydrogen (secondary N) is 1. The minimum absolute atomic E-state index is 0.751. The van der Waals surface area contributed by atoms with Gasteiger partial charge in [-0.3, -0.25) is 4.90 Å². The Labute approximate surface area is 69.0 Å². The summed E-state index contributed by atoms with van der Waals surface area (Å²) in [6.07, 6.45) is 4.20. The highest BCUT2D eigenvalue weighted by atomic mass is 15.2. The number of likely N-dealkylation sites (tertiary alicyclic amines) is 1. The van der Waals surface area contributed by atoms with Gasteiger partial charge in [-0.25, -0.2) is 0 Å². The van der Waals surface area contributed by atoms with E-state index in [9.17, 15) is 0 Å². The van der Waals surface area contributed by atoms with Gasteiger partial charge in [-0.05, 0) is 39.3 Å². The van der Waals surface area contributed by atoms with Crippen LogP contribution in [0.25, 0.3) is 0 Å². The Morgan fingerprint density at radius 3 is 2.55 bits per heavy atom. The van der Waals surface area contributed by atoms with Crippen LogP contribution in [0, 0.1) is 0 Å². The average molecular weight is 154 g/mol. The first-order valence-corrected chi connectivity index (χ1v) is 4.83. The van der Waals surface area contributed by atoms with Crippen molar-refractivity contribution < 1.29 is 0 Å². The molecule has 2 heterocycles. The molecule has 0 spiro atoms. The molecule has 2 heteroatoms. The molecule has 0 radical (unpaired) electrons. The first-order chi connectivity index (χ1) is 5.36. The second-order valence-electron chi connectivity index (χ2n) is 3.94. The predicted octanol–water partition coefficient (Wildman–Crippen LogP) is 0.833. The fraction of sp³-hybridized carbons (Fsp3) is 1.00. The molecule has 0 unspecified atom stereocenters. The van der Waals surface area contributed by atoms with E-state index in [1.54, 1.807) is 0 Å². The molecule has 0 amide bonds. The molecule has 2 fully saturated rings. The van der Waals surface area contributed by atoms with Crippen molar-refractivity contribution in [3.05, 3.63) is 0 Å². The molecule has 0 aromatic carbocycles. The molecular weight excluding hydrogens is 136 g/mol. The summed E-state index contributed by atoms with van der Waals surface area (Å²) < 4.78 is 0. The summed E-state index contributed by atoms with van der Waals surface area (Å²) in [5.41, 5.74) is 0. The van der Waals surface area contributed by atoms with Crippen molar-refractivity contribution in [3.8, 4) is 0 Å². The summed E-state index contributed by atoms with van der Waals surface area (Å²) in [6, 6.07) is 1.60. The zero-order valence-electron chi connectivity index (χ0n) is 7.34. The monoisotopic (exact) mass is 154 g/mol. The first-order valence-electron chi connectivity index (χ1n) is 4.83. The molecule has 2 aliphatic heterocycles. The Bertz CT molecular complexity index is 130. The van der Waals surface area contributed by atoms with Gasteiger partial charge in [-0.2, -0.15) is 0 Å². The molecule has 0 bridgehead atoms. The average Bonchev–Trinajstić information content (AvgIpc) is 2.55. The highest BCUT2D eigenvalue weighted by molar-refractivity contribution is 4.87. The maximum Gasteiger partial charge on any atom is 0.0235 e. The molecule has 2 aliphatic rings. The largest absolute Gasteiger partial charge is 0.313 e. The van der Waals surface area contributed by atoms with Crippen molar-refractivity contribution >= 4 is 0 Å². The van der Waals surface area contributed by atoms with E-state index in [0.29, 0.717) is 0 Å². The lowest BCUT2D eigenvalue weighted by Crippen LogP contribution is -2.34. The van der Waals surface area contributed by atoms with Crippen molar-refractivity contribution in [1.29, 1.82) is 0 Å². The smallest absolute Gasteiger partial charge is 0.0235 e. The topological polar surface area (TPSA) is 15.3 Å². The van der Waals surface area contributed by atoms with Crippen LogP contribution in [0.5, 0.6) is 0 Å². The van der Waals surface area contributed by atoms with E-state index in [2.05, 4.69) is 17.1 Å². The van der Waals surface area contributed by atoms with Gasteiger partial charge in [0, 0.05) is 18.6 Å². The van der Waals surface area contributed by atoms with E-state index in [1.807, 2.05) is 0 Å². The maximum absolute atomic E-state index is 3.50. The lowest BCUT2D eigenvalue weighted by Gasteiger charge is -2.21. The Morgan fingerprint density at radius 1 is 1.27 bits per heavy atom. The van der Waals surface area contributed by atoms with Gasteiger partial charge in [0.25, 0.3) is 0 Å². The quantitative estimate of drug-likeness (QED) is 0.602. The van der Waals surface area contributed by atoms with Crippen molar-refractivity contribution in [3.63, 3.8) is 0 Å². The van der Waals surface area contributed by atoms with Crippen molar-refractivity contribution in [2.24, 2.45) is 0 Å². The van der Waals surface area contributed by atoms with Gasteiger partial charge in [0.2, 0.25) is 0 Å². The van der Waals surface area contributed by atoms with Crippen molar-refractivity contribution in [1.82, 2.24) is 10.2 Å². The number of hydrogen-bond donors (Lipinski definition) is 1. The second-order valence-corrected chi connectivity index (χ2v) is 3.94. The lowest BCUT2D eigenvalue weighted by molar-refractivity contribution is 0.256. The highest BCUT2D eigenvalue weighted by Gasteiger charge is 2.27. The summed E-state index contributed by atoms with van der Waals surface area (Å²) >= 11 is 0. The van der Waals surface area contributed by atoms with E-state index in [-0.39, 0.29) is 0 Å². The fourth-order valence-electron chi connectivity index (χ4n) is 2.30. The van der Waals surface area contributed by atoms with Gasteiger partial charge >= 0.3 is 0 Å². The van der Waals surface area contributed by atoms with Crippen molar-refractivity contribution in [2.45, 2.75) is 38.3 Å². The number of rotatable bonds is 1. The van der Waals surface area contributed by atoms with Crippen LogP contribution in [0.1, 0.15) is 26.2 Å². The van der Waals surface area contributed by atoms with Gasteiger partial charge in [0.05, 0.1) is 0 Å². The molecule has 0 aromatic heterocycles. The summed E-state index contributed by atoms with van der Waals surface area (Å²) in [5.74, 6) is 0. The van der Waals surface area contributed by atoms with Crippen LogP contribution >= 0.6 is 0 Å². The molecule has 2 nitrogen and oxygen atoms in total. The normalized spacial score (nSPS) is 40.1. The summed E-state index contributed by atoms with van der Waals surface area (Å²) in [4.78, 5) is 2.65. The maximum atomic E-state index is 3.50. The summed E-state index contributed by atoms with van der Waals surface area (Å²) in [6.45, 7) is 6.20. The molecular formula is C9H18N2. The Hall–Kier alpha value is -0.0800. The number of nitrogens with zero attached hydrogens (tertiary/aromatic N) is 1. The summed E-state index contributed by atoms with van der Waals surface area (Å²) in [5, 5.41) is 3.50. The highest BCUT2D eigenvalue weighted by Crippen LogP contribution is 2.18. The van der Waals surface area contributed by atoms with E-state index in [4.69, 9.17) is 0 Å². The molecule has 2 atom stereocenters. The standard InChI is InChI=1S/C9H18N2/c1-8-6-9(7-10-8)11-4-2-3-5-11/h8-10H,2-7H2,1H3/t8-,9+/m0/s1. The van der Waals surface area contributed by atoms with E-state index < -0.39 is 0 Å². The minimum atomic E-state index is 0.751. The van der Waals surface area contributed by atoms with E-state index in [1.165, 1.54) is 38.9 Å². The van der Waals surface area contributed by atoms with Crippen LogP contribution in [-0.2, 0) is 0 Å². The molecule has 2 rings (SSSR count). The zero-order valence-corrected chi connectivity index (χ0v) is 7.34. The Kier molecular flexibility index (Phi) is 2.14. The molecule has 0 aromatic rings. The fourth-order valence-corrected chi connectivity index (χ4v) is 2.30. The SMILES string of the molecule is C[C@H]1C[C@@H](N2CCCC2)CN1. The zero-order chi connectivity index (χ0) is 7.68. The number of hydrogen-bond acceptors (Lipinski definition) is 2. The second kappa shape index (κ2) is 3.11. The molecule has 2 saturated heterocycles. The molecule has 0 saturated carbocycles. The Morgan fingerprint density at radius 2 is 2.00 bits per heavy atom. The van der Waals surface area contributed by atoms with Crippen LogP contribution in [-0.4, -0.2) is 36.6 Å². The van der Waals surface area contributed by atoms with Crippen LogP contribution < -0.4 is 5.32 Å². The van der Waals surface area contributed by atoms with Gasteiger partial charge < -0.3 is 5.32 Å². The van der Waals surface area contributed by atoms with Crippen LogP contribution in [0.2, 0.25) is 0 Å². The Balaban J connectivity index is 1.85. The predicted molar refractivity (Wildman–Crippen MR) is 46.7 cm³/mol. The van der Waals surface area contributed by atoms with Gasteiger partial charge in [-0.1, -0.05) is 0 Å². The third-order valence-corrected chi connectivity index (χ3v) is 2.98. The third kappa shape index (κ3) is 1.57. The minimum Gasteiger partial charge on any atom is -0.313 e. The van der Waals surface area contributed by atoms with Crippen LogP contribution in [0.3, 0.4) is 0 Å². The third-order valence-electron chi connectivity index (χ3n) is 2.98. The van der Waals surface area contributed by atoms with Gasteiger partial charge in [0.15, 0.2) is 0 Å². The van der Waals surface area contributed by atoms with Gasteiger partial charge in [-0.15, -0.1) is 0 Å². The van der Waals surface area contributed by atoms with Crippen LogP contribution in [0.4, 0.5) is 0 Å². The summed E-state index contributed by atoms with van der Waals surface area (Å²) in [7, 11) is 0. The first kappa shape index (κ1) is 7.56. The van der Waals surface area contributed by atoms with Crippen molar-refractivity contribution in [2.75, 3.05) is 19.6 Å². The van der Waals surface area contributed by atoms with Crippen LogP contribution in [0.15, 0.2) is 0 Å². The molecule has 11 heavy (non-hydrogen) atoms. The molecule has 1 N–H and O–H groups in total. The molecule has 64 valence electrons. The van der Waals surface area contributed by atoms with E-state index >= 15 is 0 Å².